The number of benzene rings is 1. The molecule has 1 fully saturated rings. The van der Waals surface area contributed by atoms with Crippen LogP contribution < -0.4 is 0 Å². The average molecular weight is 309 g/mol. The number of para-hydroxylation sites is 2. The molecule has 0 N–H and O–H groups in total. The number of fused-ring (bicyclic) bond motifs is 1. The van der Waals surface area contributed by atoms with Crippen molar-refractivity contribution >= 4 is 16.9 Å². The smallest absolute Gasteiger partial charge is 0.245 e. The SMILES string of the molecule is CC(C(=O)N1CCC(n2cccn2)C1)n1cnc2ccccc21. The summed E-state index contributed by atoms with van der Waals surface area (Å²) in [7, 11) is 0. The third kappa shape index (κ3) is 2.40. The minimum atomic E-state index is -0.251. The number of aromatic nitrogens is 4. The minimum Gasteiger partial charge on any atom is -0.339 e. The first-order valence-corrected chi connectivity index (χ1v) is 7.93. The molecule has 0 radical (unpaired) electrons. The highest BCUT2D eigenvalue weighted by molar-refractivity contribution is 5.83. The molecule has 1 amide bonds. The quantitative estimate of drug-likeness (QED) is 0.746. The lowest BCUT2D eigenvalue weighted by molar-refractivity contribution is -0.133. The highest BCUT2D eigenvalue weighted by atomic mass is 16.2. The van der Waals surface area contributed by atoms with Crippen LogP contribution in [0.4, 0.5) is 0 Å². The summed E-state index contributed by atoms with van der Waals surface area (Å²) in [6.07, 6.45) is 6.45. The third-order valence-corrected chi connectivity index (χ3v) is 4.63. The summed E-state index contributed by atoms with van der Waals surface area (Å²) in [6.45, 7) is 3.44. The summed E-state index contributed by atoms with van der Waals surface area (Å²) in [5.74, 6) is 0.141. The zero-order valence-electron chi connectivity index (χ0n) is 13.0. The zero-order chi connectivity index (χ0) is 15.8. The van der Waals surface area contributed by atoms with Crippen LogP contribution in [-0.4, -0.2) is 43.2 Å². The van der Waals surface area contributed by atoms with Gasteiger partial charge in [-0.05, 0) is 31.5 Å². The largest absolute Gasteiger partial charge is 0.339 e. The first-order chi connectivity index (χ1) is 11.2. The van der Waals surface area contributed by atoms with Crippen LogP contribution in [0.5, 0.6) is 0 Å². The molecule has 0 saturated carbocycles. The molecule has 6 nitrogen and oxygen atoms in total. The number of nitrogens with zero attached hydrogens (tertiary/aromatic N) is 5. The molecular formula is C17H19N5O. The maximum atomic E-state index is 12.9. The summed E-state index contributed by atoms with van der Waals surface area (Å²) in [6, 6.07) is 9.85. The predicted octanol–water partition coefficient (Wildman–Crippen LogP) is 2.27. The minimum absolute atomic E-state index is 0.141. The van der Waals surface area contributed by atoms with Crippen LogP contribution in [0.3, 0.4) is 0 Å². The molecule has 2 atom stereocenters. The van der Waals surface area contributed by atoms with Crippen molar-refractivity contribution in [1.29, 1.82) is 0 Å². The Balaban J connectivity index is 1.53. The topological polar surface area (TPSA) is 56.0 Å². The molecule has 1 aromatic carbocycles. The zero-order valence-corrected chi connectivity index (χ0v) is 13.0. The van der Waals surface area contributed by atoms with Gasteiger partial charge in [-0.15, -0.1) is 0 Å². The van der Waals surface area contributed by atoms with Crippen molar-refractivity contribution in [2.45, 2.75) is 25.4 Å². The number of imidazole rings is 1. The lowest BCUT2D eigenvalue weighted by Gasteiger charge is -2.22. The fourth-order valence-electron chi connectivity index (χ4n) is 3.32. The summed E-state index contributed by atoms with van der Waals surface area (Å²) in [5.41, 5.74) is 1.92. The molecule has 0 bridgehead atoms. The van der Waals surface area contributed by atoms with Crippen molar-refractivity contribution in [1.82, 2.24) is 24.2 Å². The summed E-state index contributed by atoms with van der Waals surface area (Å²) in [5, 5.41) is 4.29. The Morgan fingerprint density at radius 2 is 2.17 bits per heavy atom. The monoisotopic (exact) mass is 309 g/mol. The van der Waals surface area contributed by atoms with E-state index < -0.39 is 0 Å². The summed E-state index contributed by atoms with van der Waals surface area (Å²) < 4.78 is 3.91. The van der Waals surface area contributed by atoms with Crippen molar-refractivity contribution in [2.24, 2.45) is 0 Å². The van der Waals surface area contributed by atoms with E-state index in [2.05, 4.69) is 10.1 Å². The van der Waals surface area contributed by atoms with Crippen molar-refractivity contribution in [3.63, 3.8) is 0 Å². The molecule has 1 aliphatic rings. The molecule has 2 unspecified atom stereocenters. The molecule has 4 rings (SSSR count). The molecule has 3 heterocycles. The number of hydrogen-bond acceptors (Lipinski definition) is 3. The molecule has 3 aromatic rings. The molecule has 6 heteroatoms. The molecule has 23 heavy (non-hydrogen) atoms. The molecule has 2 aromatic heterocycles. The highest BCUT2D eigenvalue weighted by Crippen LogP contribution is 2.25. The number of carbonyl (C=O) groups is 1. The van der Waals surface area contributed by atoms with Gasteiger partial charge in [-0.2, -0.15) is 5.10 Å². The van der Waals surface area contributed by atoms with Gasteiger partial charge in [0.25, 0.3) is 0 Å². The van der Waals surface area contributed by atoms with Gasteiger partial charge in [0.2, 0.25) is 5.91 Å². The predicted molar refractivity (Wildman–Crippen MR) is 86.9 cm³/mol. The fourth-order valence-corrected chi connectivity index (χ4v) is 3.32. The summed E-state index contributed by atoms with van der Waals surface area (Å²) in [4.78, 5) is 19.2. The lowest BCUT2D eigenvalue weighted by atomic mass is 10.2. The van der Waals surface area contributed by atoms with E-state index in [9.17, 15) is 4.79 Å². The Hall–Kier alpha value is -2.63. The van der Waals surface area contributed by atoms with Crippen LogP contribution in [0, 0.1) is 0 Å². The highest BCUT2D eigenvalue weighted by Gasteiger charge is 2.31. The van der Waals surface area contributed by atoms with Gasteiger partial charge in [0.1, 0.15) is 6.04 Å². The van der Waals surface area contributed by atoms with Crippen LogP contribution in [-0.2, 0) is 4.79 Å². The second-order valence-electron chi connectivity index (χ2n) is 6.03. The Labute approximate surface area is 134 Å². The second-order valence-corrected chi connectivity index (χ2v) is 6.03. The van der Waals surface area contributed by atoms with Crippen LogP contribution in [0.15, 0.2) is 49.1 Å². The van der Waals surface area contributed by atoms with Gasteiger partial charge in [0.05, 0.1) is 23.4 Å². The van der Waals surface area contributed by atoms with Crippen molar-refractivity contribution in [3.8, 4) is 0 Å². The van der Waals surface area contributed by atoms with Gasteiger partial charge in [0.15, 0.2) is 0 Å². The van der Waals surface area contributed by atoms with Crippen LogP contribution in [0.2, 0.25) is 0 Å². The van der Waals surface area contributed by atoms with Gasteiger partial charge in [-0.1, -0.05) is 12.1 Å². The number of amides is 1. The first kappa shape index (κ1) is 14.0. The Morgan fingerprint density at radius 1 is 1.30 bits per heavy atom. The van der Waals surface area contributed by atoms with E-state index in [4.69, 9.17) is 0 Å². The summed E-state index contributed by atoms with van der Waals surface area (Å²) >= 11 is 0. The van der Waals surface area contributed by atoms with Crippen LogP contribution in [0.1, 0.15) is 25.4 Å². The van der Waals surface area contributed by atoms with Gasteiger partial charge < -0.3 is 9.47 Å². The van der Waals surface area contributed by atoms with Crippen molar-refractivity contribution in [3.05, 3.63) is 49.1 Å². The average Bonchev–Trinajstić information content (AvgIpc) is 3.32. The molecular weight excluding hydrogens is 290 g/mol. The first-order valence-electron chi connectivity index (χ1n) is 7.93. The Kier molecular flexibility index (Phi) is 3.37. The third-order valence-electron chi connectivity index (χ3n) is 4.63. The van der Waals surface area contributed by atoms with Crippen molar-refractivity contribution < 1.29 is 4.79 Å². The van der Waals surface area contributed by atoms with E-state index >= 15 is 0 Å². The molecule has 118 valence electrons. The van der Waals surface area contributed by atoms with E-state index in [-0.39, 0.29) is 18.0 Å². The number of hydrogen-bond donors (Lipinski definition) is 0. The number of carbonyl (C=O) groups excluding carboxylic acids is 1. The van der Waals surface area contributed by atoms with E-state index in [0.717, 1.165) is 30.5 Å². The number of likely N-dealkylation sites (tertiary alicyclic amines) is 1. The van der Waals surface area contributed by atoms with E-state index in [1.54, 1.807) is 12.5 Å². The maximum absolute atomic E-state index is 12.9. The molecule has 0 aliphatic carbocycles. The van der Waals surface area contributed by atoms with Crippen LogP contribution in [0.25, 0.3) is 11.0 Å². The molecule has 1 aliphatic heterocycles. The van der Waals surface area contributed by atoms with Gasteiger partial charge in [-0.3, -0.25) is 9.48 Å². The van der Waals surface area contributed by atoms with E-state index in [0.29, 0.717) is 0 Å². The van der Waals surface area contributed by atoms with E-state index in [1.165, 1.54) is 0 Å². The number of rotatable bonds is 3. The van der Waals surface area contributed by atoms with E-state index in [1.807, 2.05) is 57.6 Å². The van der Waals surface area contributed by atoms with Gasteiger partial charge in [0, 0.05) is 25.5 Å². The molecule has 0 spiro atoms. The Morgan fingerprint density at radius 3 is 3.00 bits per heavy atom. The van der Waals surface area contributed by atoms with Crippen LogP contribution >= 0.6 is 0 Å². The van der Waals surface area contributed by atoms with Gasteiger partial charge in [-0.25, -0.2) is 4.98 Å². The second kappa shape index (κ2) is 5.53. The lowest BCUT2D eigenvalue weighted by Crippen LogP contribution is -2.34. The molecule has 1 saturated heterocycles. The maximum Gasteiger partial charge on any atom is 0.245 e. The van der Waals surface area contributed by atoms with Gasteiger partial charge >= 0.3 is 0 Å². The standard InChI is InChI=1S/C17H19N5O/c1-13(21-12-18-15-5-2-3-6-16(15)21)17(23)20-10-7-14(11-20)22-9-4-8-19-22/h2-6,8-9,12-14H,7,10-11H2,1H3. The Bertz CT molecular complexity index is 823. The normalized spacial score (nSPS) is 19.3. The fraction of sp³-hybridized carbons (Fsp3) is 0.353. The van der Waals surface area contributed by atoms with Crippen molar-refractivity contribution in [2.75, 3.05) is 13.1 Å².